The van der Waals surface area contributed by atoms with Crippen molar-refractivity contribution in [3.8, 4) is 0 Å². The van der Waals surface area contributed by atoms with Gasteiger partial charge in [-0.1, -0.05) is 11.8 Å². The van der Waals surface area contributed by atoms with E-state index in [9.17, 15) is 9.59 Å². The summed E-state index contributed by atoms with van der Waals surface area (Å²) in [5.74, 6) is 0.409. The minimum atomic E-state index is -0.488. The lowest BCUT2D eigenvalue weighted by atomic mass is 10.2. The summed E-state index contributed by atoms with van der Waals surface area (Å²) in [5.41, 5.74) is 0. The minimum absolute atomic E-state index is 0.182. The van der Waals surface area contributed by atoms with Gasteiger partial charge in [-0.05, 0) is 29.7 Å². The van der Waals surface area contributed by atoms with Gasteiger partial charge in [-0.25, -0.2) is 9.48 Å². The van der Waals surface area contributed by atoms with Crippen LogP contribution in [-0.4, -0.2) is 57.7 Å². The van der Waals surface area contributed by atoms with Gasteiger partial charge in [0.1, 0.15) is 0 Å². The van der Waals surface area contributed by atoms with Crippen LogP contribution < -0.4 is 10.6 Å². The van der Waals surface area contributed by atoms with Crippen LogP contribution in [0.4, 0.5) is 4.79 Å². The molecule has 0 bridgehead atoms. The molecule has 0 unspecified atom stereocenters. The highest BCUT2D eigenvalue weighted by atomic mass is 32.2. The molecule has 2 heterocycles. The fraction of sp³-hybridized carbons (Fsp3) is 0.750. The fourth-order valence-corrected chi connectivity index (χ4v) is 2.87. The van der Waals surface area contributed by atoms with Gasteiger partial charge >= 0.3 is 6.03 Å². The summed E-state index contributed by atoms with van der Waals surface area (Å²) in [6, 6.07) is -0.488. The Morgan fingerprint density at radius 2 is 2.36 bits per heavy atom. The van der Waals surface area contributed by atoms with E-state index >= 15 is 0 Å². The molecule has 0 aliphatic carbocycles. The fourth-order valence-electron chi connectivity index (χ4n) is 2.04. The summed E-state index contributed by atoms with van der Waals surface area (Å²) in [7, 11) is 1.46. The van der Waals surface area contributed by atoms with E-state index in [0.717, 1.165) is 24.6 Å². The molecule has 2 rings (SSSR count). The van der Waals surface area contributed by atoms with Crippen molar-refractivity contribution in [2.45, 2.75) is 43.5 Å². The van der Waals surface area contributed by atoms with Crippen molar-refractivity contribution in [2.75, 3.05) is 19.4 Å². The molecule has 1 saturated heterocycles. The van der Waals surface area contributed by atoms with Crippen LogP contribution in [0.1, 0.15) is 25.7 Å². The van der Waals surface area contributed by atoms with Crippen LogP contribution in [0.25, 0.3) is 0 Å². The van der Waals surface area contributed by atoms with E-state index in [2.05, 4.69) is 26.2 Å². The molecule has 2 N–H and O–H groups in total. The maximum absolute atomic E-state index is 11.4. The third-order valence-electron chi connectivity index (χ3n) is 3.16. The molecule has 1 aromatic heterocycles. The van der Waals surface area contributed by atoms with Crippen molar-refractivity contribution < 1.29 is 14.3 Å². The molecule has 3 amide bonds. The van der Waals surface area contributed by atoms with Gasteiger partial charge in [-0.2, -0.15) is 0 Å². The topological polar surface area (TPSA) is 111 Å². The number of nitrogens with zero attached hydrogens (tertiary/aromatic N) is 4. The van der Waals surface area contributed by atoms with Crippen LogP contribution in [0, 0.1) is 0 Å². The molecule has 22 heavy (non-hydrogen) atoms. The Morgan fingerprint density at radius 3 is 3.09 bits per heavy atom. The molecular weight excluding hydrogens is 308 g/mol. The highest BCUT2D eigenvalue weighted by molar-refractivity contribution is 7.99. The number of nitrogens with one attached hydrogen (secondary N) is 2. The number of hydrogen-bond donors (Lipinski definition) is 2. The smallest absolute Gasteiger partial charge is 0.321 e. The van der Waals surface area contributed by atoms with Gasteiger partial charge in [0, 0.05) is 25.8 Å². The second kappa shape index (κ2) is 8.69. The Kier molecular flexibility index (Phi) is 6.59. The van der Waals surface area contributed by atoms with Crippen molar-refractivity contribution in [3.05, 3.63) is 0 Å². The van der Waals surface area contributed by atoms with E-state index in [0.29, 0.717) is 18.7 Å². The first-order valence-electron chi connectivity index (χ1n) is 7.21. The molecule has 1 aliphatic heterocycles. The highest BCUT2D eigenvalue weighted by Gasteiger charge is 2.18. The predicted molar refractivity (Wildman–Crippen MR) is 79.3 cm³/mol. The number of thioether (sulfide) groups is 1. The number of rotatable bonds is 7. The molecule has 1 aliphatic rings. The number of tetrazole rings is 1. The Hall–Kier alpha value is -1.68. The zero-order chi connectivity index (χ0) is 15.8. The quantitative estimate of drug-likeness (QED) is 0.542. The van der Waals surface area contributed by atoms with E-state index in [1.807, 2.05) is 0 Å². The summed E-state index contributed by atoms with van der Waals surface area (Å²) in [6.07, 6.45) is 3.22. The van der Waals surface area contributed by atoms with Crippen molar-refractivity contribution in [2.24, 2.45) is 0 Å². The zero-order valence-corrected chi connectivity index (χ0v) is 13.3. The van der Waals surface area contributed by atoms with Crippen molar-refractivity contribution in [1.29, 1.82) is 0 Å². The normalized spacial score (nSPS) is 17.4. The van der Waals surface area contributed by atoms with E-state index in [4.69, 9.17) is 4.74 Å². The lowest BCUT2D eigenvalue weighted by Crippen LogP contribution is -2.37. The Balaban J connectivity index is 1.67. The molecular formula is C12H20N6O3S. The number of imide groups is 1. The molecule has 0 aromatic carbocycles. The number of hydrogen-bond acceptors (Lipinski definition) is 7. The number of ether oxygens (including phenoxy) is 1. The van der Waals surface area contributed by atoms with E-state index < -0.39 is 6.03 Å². The molecule has 122 valence electrons. The molecule has 1 aromatic rings. The molecule has 0 spiro atoms. The first-order valence-corrected chi connectivity index (χ1v) is 8.19. The van der Waals surface area contributed by atoms with E-state index in [-0.39, 0.29) is 18.4 Å². The van der Waals surface area contributed by atoms with Gasteiger partial charge in [-0.3, -0.25) is 10.1 Å². The first kappa shape index (κ1) is 16.7. The Morgan fingerprint density at radius 1 is 1.50 bits per heavy atom. The van der Waals surface area contributed by atoms with Gasteiger partial charge in [0.2, 0.25) is 11.1 Å². The number of aromatic nitrogens is 4. The highest BCUT2D eigenvalue weighted by Crippen LogP contribution is 2.19. The van der Waals surface area contributed by atoms with Crippen LogP contribution in [0.2, 0.25) is 0 Å². The van der Waals surface area contributed by atoms with Crippen LogP contribution in [-0.2, 0) is 16.1 Å². The van der Waals surface area contributed by atoms with Gasteiger partial charge < -0.3 is 10.1 Å². The third kappa shape index (κ3) is 5.26. The molecule has 1 fully saturated rings. The summed E-state index contributed by atoms with van der Waals surface area (Å²) < 4.78 is 7.31. The Bertz CT molecular complexity index is 503. The number of carbonyl (C=O) groups excluding carboxylic acids is 2. The summed E-state index contributed by atoms with van der Waals surface area (Å²) in [4.78, 5) is 22.4. The lowest BCUT2D eigenvalue weighted by molar-refractivity contribution is -0.120. The summed E-state index contributed by atoms with van der Waals surface area (Å²) in [6.45, 7) is 1.46. The number of amides is 3. The molecule has 9 nitrogen and oxygen atoms in total. The van der Waals surface area contributed by atoms with Gasteiger partial charge in [0.15, 0.2) is 0 Å². The lowest BCUT2D eigenvalue weighted by Gasteiger charge is -2.09. The second-order valence-electron chi connectivity index (χ2n) is 4.86. The Labute approximate surface area is 132 Å². The van der Waals surface area contributed by atoms with Crippen molar-refractivity contribution in [3.63, 3.8) is 0 Å². The largest absolute Gasteiger partial charge is 0.376 e. The van der Waals surface area contributed by atoms with Crippen molar-refractivity contribution in [1.82, 2.24) is 30.8 Å². The molecule has 0 radical (unpaired) electrons. The predicted octanol–water partition coefficient (Wildman–Crippen LogP) is 0.180. The van der Waals surface area contributed by atoms with Crippen LogP contribution in [0.15, 0.2) is 5.16 Å². The zero-order valence-electron chi connectivity index (χ0n) is 12.4. The van der Waals surface area contributed by atoms with Gasteiger partial charge in [0.05, 0.1) is 12.6 Å². The second-order valence-corrected chi connectivity index (χ2v) is 5.92. The SMILES string of the molecule is CNC(=O)NC(=O)CCCSc1nnnn1C[C@H]1CCCO1. The monoisotopic (exact) mass is 328 g/mol. The number of carbonyl (C=O) groups is 2. The van der Waals surface area contributed by atoms with Gasteiger partial charge in [-0.15, -0.1) is 5.10 Å². The summed E-state index contributed by atoms with van der Waals surface area (Å²) >= 11 is 1.49. The third-order valence-corrected chi connectivity index (χ3v) is 4.20. The van der Waals surface area contributed by atoms with Crippen molar-refractivity contribution >= 4 is 23.7 Å². The van der Waals surface area contributed by atoms with E-state index in [1.54, 1.807) is 4.68 Å². The average molecular weight is 328 g/mol. The first-order chi connectivity index (χ1) is 10.7. The standard InChI is InChI=1S/C12H20N6O3S/c1-13-11(20)14-10(19)5-3-7-22-12-15-16-17-18(12)8-9-4-2-6-21-9/h9H,2-8H2,1H3,(H2,13,14,19,20)/t9-/m1/s1. The average Bonchev–Trinajstić information content (AvgIpc) is 3.16. The van der Waals surface area contributed by atoms with Gasteiger partial charge in [0.25, 0.3) is 0 Å². The number of urea groups is 1. The van der Waals surface area contributed by atoms with Crippen LogP contribution in [0.3, 0.4) is 0 Å². The summed E-state index contributed by atoms with van der Waals surface area (Å²) in [5, 5.41) is 16.9. The van der Waals surface area contributed by atoms with Crippen LogP contribution in [0.5, 0.6) is 0 Å². The maximum Gasteiger partial charge on any atom is 0.321 e. The minimum Gasteiger partial charge on any atom is -0.376 e. The maximum atomic E-state index is 11.4. The molecule has 1 atom stereocenters. The van der Waals surface area contributed by atoms with Crippen LogP contribution >= 0.6 is 11.8 Å². The molecule has 0 saturated carbocycles. The van der Waals surface area contributed by atoms with E-state index in [1.165, 1.54) is 18.8 Å². The molecule has 10 heteroatoms.